The van der Waals surface area contributed by atoms with Crippen molar-refractivity contribution >= 4 is 38.5 Å². The van der Waals surface area contributed by atoms with E-state index in [1.807, 2.05) is 0 Å². The first-order valence-corrected chi connectivity index (χ1v) is 10.5. The van der Waals surface area contributed by atoms with Gasteiger partial charge in [-0.2, -0.15) is 4.31 Å². The Bertz CT molecular complexity index is 1140. The molecule has 146 valence electrons. The minimum absolute atomic E-state index is 0.00783. The first-order valence-electron chi connectivity index (χ1n) is 8.72. The van der Waals surface area contributed by atoms with E-state index >= 15 is 0 Å². The molecular weight excluding hydrogens is 400 g/mol. The van der Waals surface area contributed by atoms with Gasteiger partial charge in [-0.1, -0.05) is 37.6 Å². The van der Waals surface area contributed by atoms with Gasteiger partial charge in [-0.3, -0.25) is 0 Å². The lowest BCUT2D eigenvalue weighted by Crippen LogP contribution is -2.30. The molecule has 2 aromatic carbocycles. The Labute approximate surface area is 168 Å². The highest BCUT2D eigenvalue weighted by molar-refractivity contribution is 7.89. The lowest BCUT2D eigenvalue weighted by molar-refractivity contribution is 0.0699. The van der Waals surface area contributed by atoms with E-state index in [0.29, 0.717) is 34.9 Å². The number of hydrogen-bond acceptors (Lipinski definition) is 4. The average Bonchev–Trinajstić information content (AvgIpc) is 2.67. The van der Waals surface area contributed by atoms with Gasteiger partial charge in [0, 0.05) is 29.1 Å². The molecule has 6 nitrogen and oxygen atoms in total. The summed E-state index contributed by atoms with van der Waals surface area (Å²) in [4.78, 5) is 16.4. The van der Waals surface area contributed by atoms with E-state index in [9.17, 15) is 18.3 Å². The van der Waals surface area contributed by atoms with Crippen LogP contribution in [0, 0.1) is 0 Å². The summed E-state index contributed by atoms with van der Waals surface area (Å²) in [7, 11) is -3.70. The van der Waals surface area contributed by atoms with E-state index in [1.54, 1.807) is 38.1 Å². The molecule has 0 aliphatic carbocycles. The molecule has 28 heavy (non-hydrogen) atoms. The Kier molecular flexibility index (Phi) is 5.69. The molecule has 0 radical (unpaired) electrons. The summed E-state index contributed by atoms with van der Waals surface area (Å²) in [6.45, 7) is 4.17. The van der Waals surface area contributed by atoms with E-state index in [1.165, 1.54) is 28.6 Å². The van der Waals surface area contributed by atoms with Gasteiger partial charge in [0.15, 0.2) is 0 Å². The van der Waals surface area contributed by atoms with Gasteiger partial charge in [-0.05, 0) is 36.4 Å². The van der Waals surface area contributed by atoms with Crippen LogP contribution in [0.2, 0.25) is 5.02 Å². The minimum atomic E-state index is -3.70. The van der Waals surface area contributed by atoms with Gasteiger partial charge in [0.2, 0.25) is 10.0 Å². The summed E-state index contributed by atoms with van der Waals surface area (Å²) >= 11 is 5.91. The fourth-order valence-corrected chi connectivity index (χ4v) is 4.63. The molecule has 0 fully saturated rings. The van der Waals surface area contributed by atoms with Crippen LogP contribution in [0.25, 0.3) is 22.2 Å². The molecule has 0 amide bonds. The van der Waals surface area contributed by atoms with Crippen molar-refractivity contribution in [3.63, 3.8) is 0 Å². The Morgan fingerprint density at radius 2 is 1.71 bits per heavy atom. The summed E-state index contributed by atoms with van der Waals surface area (Å²) in [6.07, 6.45) is 0. The van der Waals surface area contributed by atoms with Crippen LogP contribution in [0.4, 0.5) is 0 Å². The summed E-state index contributed by atoms with van der Waals surface area (Å²) in [6, 6.07) is 12.7. The molecule has 3 aromatic rings. The Hall–Kier alpha value is -2.48. The van der Waals surface area contributed by atoms with Gasteiger partial charge in [-0.25, -0.2) is 18.2 Å². The molecule has 1 heterocycles. The highest BCUT2D eigenvalue weighted by atomic mass is 35.5. The van der Waals surface area contributed by atoms with Gasteiger partial charge >= 0.3 is 5.97 Å². The molecule has 1 aromatic heterocycles. The van der Waals surface area contributed by atoms with E-state index in [4.69, 9.17) is 11.6 Å². The fraction of sp³-hybridized carbons (Fsp3) is 0.200. The number of benzene rings is 2. The predicted molar refractivity (Wildman–Crippen MR) is 109 cm³/mol. The largest absolute Gasteiger partial charge is 0.478 e. The zero-order chi connectivity index (χ0) is 20.5. The van der Waals surface area contributed by atoms with Crippen molar-refractivity contribution in [3.05, 3.63) is 59.1 Å². The Morgan fingerprint density at radius 3 is 2.29 bits per heavy atom. The highest BCUT2D eigenvalue weighted by Gasteiger charge is 2.23. The van der Waals surface area contributed by atoms with Crippen LogP contribution in [-0.2, 0) is 10.0 Å². The van der Waals surface area contributed by atoms with Crippen LogP contribution in [0.1, 0.15) is 24.2 Å². The smallest absolute Gasteiger partial charge is 0.336 e. The molecular formula is C20H19ClN2O4S. The predicted octanol–water partition coefficient (Wildman–Crippen LogP) is 4.28. The number of nitrogens with zero attached hydrogens (tertiary/aromatic N) is 2. The standard InChI is InChI=1S/C20H19ClN2O4S/c1-3-23(4-2)28(26,27)15-9-10-18-16(11-15)17(20(24)25)12-19(22-18)13-5-7-14(21)8-6-13/h5-12H,3-4H2,1-2H3,(H,24,25). The van der Waals surface area contributed by atoms with Crippen molar-refractivity contribution in [2.75, 3.05) is 13.1 Å². The summed E-state index contributed by atoms with van der Waals surface area (Å²) in [5.41, 5.74) is 1.59. The van der Waals surface area contributed by atoms with Crippen LogP contribution in [0.15, 0.2) is 53.4 Å². The Balaban J connectivity index is 2.21. The summed E-state index contributed by atoms with van der Waals surface area (Å²) < 4.78 is 26.9. The van der Waals surface area contributed by atoms with Crippen molar-refractivity contribution in [1.29, 1.82) is 0 Å². The van der Waals surface area contributed by atoms with E-state index in [0.717, 1.165) is 0 Å². The molecule has 0 aliphatic rings. The average molecular weight is 419 g/mol. The second-order valence-electron chi connectivity index (χ2n) is 6.14. The van der Waals surface area contributed by atoms with Crippen LogP contribution < -0.4 is 0 Å². The number of pyridine rings is 1. The maximum absolute atomic E-state index is 12.8. The quantitative estimate of drug-likeness (QED) is 0.645. The van der Waals surface area contributed by atoms with Gasteiger partial charge in [0.1, 0.15) is 0 Å². The zero-order valence-corrected chi connectivity index (χ0v) is 17.0. The van der Waals surface area contributed by atoms with E-state index in [2.05, 4.69) is 4.98 Å². The van der Waals surface area contributed by atoms with Crippen molar-refractivity contribution in [2.24, 2.45) is 0 Å². The molecule has 0 saturated heterocycles. The normalized spacial score (nSPS) is 11.9. The third kappa shape index (κ3) is 3.73. The number of carboxylic acids is 1. The van der Waals surface area contributed by atoms with Crippen molar-refractivity contribution in [3.8, 4) is 11.3 Å². The number of hydrogen-bond donors (Lipinski definition) is 1. The number of aromatic nitrogens is 1. The molecule has 0 unspecified atom stereocenters. The number of aromatic carboxylic acids is 1. The monoisotopic (exact) mass is 418 g/mol. The van der Waals surface area contributed by atoms with Crippen LogP contribution in [0.5, 0.6) is 0 Å². The van der Waals surface area contributed by atoms with Crippen molar-refractivity contribution < 1.29 is 18.3 Å². The Morgan fingerprint density at radius 1 is 1.07 bits per heavy atom. The summed E-state index contributed by atoms with van der Waals surface area (Å²) in [5, 5.41) is 10.5. The van der Waals surface area contributed by atoms with E-state index in [-0.39, 0.29) is 15.8 Å². The number of fused-ring (bicyclic) bond motifs is 1. The van der Waals surface area contributed by atoms with Crippen LogP contribution in [0.3, 0.4) is 0 Å². The SMILES string of the molecule is CCN(CC)S(=O)(=O)c1ccc2nc(-c3ccc(Cl)cc3)cc(C(=O)O)c2c1. The number of rotatable bonds is 6. The van der Waals surface area contributed by atoms with Gasteiger partial charge in [-0.15, -0.1) is 0 Å². The number of halogens is 1. The molecule has 0 atom stereocenters. The van der Waals surface area contributed by atoms with Crippen LogP contribution in [-0.4, -0.2) is 41.9 Å². The van der Waals surface area contributed by atoms with Gasteiger partial charge < -0.3 is 5.11 Å². The second kappa shape index (κ2) is 7.87. The lowest BCUT2D eigenvalue weighted by Gasteiger charge is -2.19. The molecule has 0 aliphatic heterocycles. The summed E-state index contributed by atoms with van der Waals surface area (Å²) in [5.74, 6) is -1.15. The zero-order valence-electron chi connectivity index (χ0n) is 15.4. The van der Waals surface area contributed by atoms with Crippen molar-refractivity contribution in [2.45, 2.75) is 18.7 Å². The lowest BCUT2D eigenvalue weighted by atomic mass is 10.0. The molecule has 1 N–H and O–H groups in total. The molecule has 0 saturated carbocycles. The highest BCUT2D eigenvalue weighted by Crippen LogP contribution is 2.28. The maximum Gasteiger partial charge on any atom is 0.336 e. The van der Waals surface area contributed by atoms with Crippen molar-refractivity contribution in [1.82, 2.24) is 9.29 Å². The first-order chi connectivity index (χ1) is 13.3. The third-order valence-corrected chi connectivity index (χ3v) is 6.79. The first kappa shape index (κ1) is 20.3. The minimum Gasteiger partial charge on any atom is -0.478 e. The molecule has 0 bridgehead atoms. The van der Waals surface area contributed by atoms with E-state index < -0.39 is 16.0 Å². The van der Waals surface area contributed by atoms with Gasteiger partial charge in [0.05, 0.1) is 21.7 Å². The number of carboxylic acid groups (broad SMARTS) is 1. The topological polar surface area (TPSA) is 87.6 Å². The van der Waals surface area contributed by atoms with Gasteiger partial charge in [0.25, 0.3) is 0 Å². The maximum atomic E-state index is 12.8. The fourth-order valence-electron chi connectivity index (χ4n) is 3.02. The number of sulfonamides is 1. The molecule has 3 rings (SSSR count). The number of carbonyl (C=O) groups is 1. The molecule has 0 spiro atoms. The second-order valence-corrected chi connectivity index (χ2v) is 8.51. The molecule has 8 heteroatoms. The third-order valence-electron chi connectivity index (χ3n) is 4.49. The van der Waals surface area contributed by atoms with Crippen LogP contribution >= 0.6 is 11.6 Å².